The lowest BCUT2D eigenvalue weighted by Gasteiger charge is -2.09. The molecule has 2 amide bonds. The molecule has 3 N–H and O–H groups in total. The molecule has 2 aromatic rings. The number of ether oxygens (including phenoxy) is 1. The summed E-state index contributed by atoms with van der Waals surface area (Å²) in [5.41, 5.74) is 6.21. The fourth-order valence-electron chi connectivity index (χ4n) is 1.79. The highest BCUT2D eigenvalue weighted by Gasteiger charge is 2.08. The monoisotopic (exact) mass is 352 g/mol. The van der Waals surface area contributed by atoms with Crippen LogP contribution in [0.1, 0.15) is 15.9 Å². The second-order valence-corrected chi connectivity index (χ2v) is 5.53. The van der Waals surface area contributed by atoms with Gasteiger partial charge >= 0.3 is 0 Å². The Balaban J connectivity index is 2.00. The number of nitrogens with two attached hydrogens (primary N) is 1. The van der Waals surface area contributed by atoms with Crippen LogP contribution in [-0.2, 0) is 11.4 Å². The molecule has 2 rings (SSSR count). The Hall–Kier alpha value is -2.24. The maximum atomic E-state index is 11.9. The maximum absolute atomic E-state index is 11.9. The van der Waals surface area contributed by atoms with Crippen molar-refractivity contribution < 1.29 is 14.3 Å². The first kappa shape index (κ1) is 17.1. The number of nitrogens with one attached hydrogen (secondary N) is 1. The van der Waals surface area contributed by atoms with E-state index in [1.54, 1.807) is 42.5 Å². The van der Waals surface area contributed by atoms with E-state index in [1.807, 2.05) is 0 Å². The Bertz CT molecular complexity index is 735. The van der Waals surface area contributed by atoms with Gasteiger partial charge in [0.25, 0.3) is 5.91 Å². The number of halogens is 2. The third-order valence-corrected chi connectivity index (χ3v) is 3.65. The summed E-state index contributed by atoms with van der Waals surface area (Å²) in [6.45, 7) is 0.0659. The summed E-state index contributed by atoms with van der Waals surface area (Å²) in [4.78, 5) is 22.5. The Kier molecular flexibility index (Phi) is 5.84. The molecule has 0 saturated carbocycles. The molecule has 0 aromatic heterocycles. The van der Waals surface area contributed by atoms with Crippen molar-refractivity contribution in [2.45, 2.75) is 6.61 Å². The number of hydrogen-bond donors (Lipinski definition) is 2. The van der Waals surface area contributed by atoms with Gasteiger partial charge < -0.3 is 15.8 Å². The number of carbonyl (C=O) groups excluding carboxylic acids is 2. The van der Waals surface area contributed by atoms with Crippen molar-refractivity contribution in [3.8, 4) is 5.75 Å². The summed E-state index contributed by atoms with van der Waals surface area (Å²) in [6, 6.07) is 11.8. The number of primary amides is 1. The zero-order valence-electron chi connectivity index (χ0n) is 12.0. The van der Waals surface area contributed by atoms with Crippen molar-refractivity contribution >= 4 is 35.0 Å². The standard InChI is InChI=1S/C16H14Cl2N2O3/c17-13-5-4-10(6-14(13)18)9-23-12-3-1-2-11(7-12)16(22)20-8-15(19)21/h1-7H,8-9H2,(H2,19,21)(H,20,22). The second-order valence-electron chi connectivity index (χ2n) is 4.71. The van der Waals surface area contributed by atoms with E-state index in [-0.39, 0.29) is 13.2 Å². The van der Waals surface area contributed by atoms with E-state index in [0.717, 1.165) is 5.56 Å². The van der Waals surface area contributed by atoms with Crippen molar-refractivity contribution in [1.29, 1.82) is 0 Å². The largest absolute Gasteiger partial charge is 0.489 e. The first-order valence-electron chi connectivity index (χ1n) is 6.69. The fourth-order valence-corrected chi connectivity index (χ4v) is 2.11. The topological polar surface area (TPSA) is 81.4 Å². The van der Waals surface area contributed by atoms with Crippen LogP contribution in [0, 0.1) is 0 Å². The van der Waals surface area contributed by atoms with Gasteiger partial charge in [0.1, 0.15) is 12.4 Å². The highest BCUT2D eigenvalue weighted by Crippen LogP contribution is 2.23. The van der Waals surface area contributed by atoms with Crippen molar-refractivity contribution in [3.05, 3.63) is 63.6 Å². The first-order chi connectivity index (χ1) is 11.0. The van der Waals surface area contributed by atoms with Crippen LogP contribution in [0.3, 0.4) is 0 Å². The lowest BCUT2D eigenvalue weighted by atomic mass is 10.2. The molecule has 23 heavy (non-hydrogen) atoms. The molecule has 0 fully saturated rings. The molecule has 0 aliphatic heterocycles. The molecule has 5 nitrogen and oxygen atoms in total. The van der Waals surface area contributed by atoms with Crippen molar-refractivity contribution in [2.24, 2.45) is 5.73 Å². The molecule has 0 spiro atoms. The highest BCUT2D eigenvalue weighted by molar-refractivity contribution is 6.42. The molecular formula is C16H14Cl2N2O3. The predicted octanol–water partition coefficient (Wildman–Crippen LogP) is 2.79. The van der Waals surface area contributed by atoms with Crippen LogP contribution < -0.4 is 15.8 Å². The van der Waals surface area contributed by atoms with Crippen LogP contribution in [0.15, 0.2) is 42.5 Å². The van der Waals surface area contributed by atoms with Gasteiger partial charge in [0.15, 0.2) is 0 Å². The number of rotatable bonds is 6. The molecular weight excluding hydrogens is 339 g/mol. The summed E-state index contributed by atoms with van der Waals surface area (Å²) in [5.74, 6) is -0.489. The quantitative estimate of drug-likeness (QED) is 0.838. The normalized spacial score (nSPS) is 10.2. The third-order valence-electron chi connectivity index (χ3n) is 2.91. The van der Waals surface area contributed by atoms with Gasteiger partial charge in [0.2, 0.25) is 5.91 Å². The summed E-state index contributed by atoms with van der Waals surface area (Å²) in [5, 5.41) is 3.34. The summed E-state index contributed by atoms with van der Waals surface area (Å²) in [6.07, 6.45) is 0. The van der Waals surface area contributed by atoms with Gasteiger partial charge in [-0.3, -0.25) is 9.59 Å². The highest BCUT2D eigenvalue weighted by atomic mass is 35.5. The van der Waals surface area contributed by atoms with E-state index in [1.165, 1.54) is 0 Å². The van der Waals surface area contributed by atoms with Gasteiger partial charge in [0, 0.05) is 5.56 Å². The molecule has 0 saturated heterocycles. The van der Waals surface area contributed by atoms with Gasteiger partial charge in [-0.25, -0.2) is 0 Å². The molecule has 0 radical (unpaired) electrons. The maximum Gasteiger partial charge on any atom is 0.251 e. The second kappa shape index (κ2) is 7.85. The van der Waals surface area contributed by atoms with Gasteiger partial charge in [-0.05, 0) is 35.9 Å². The first-order valence-corrected chi connectivity index (χ1v) is 7.44. The van der Waals surface area contributed by atoms with Crippen LogP contribution in [0.2, 0.25) is 10.0 Å². The SMILES string of the molecule is NC(=O)CNC(=O)c1cccc(OCc2ccc(Cl)c(Cl)c2)c1. The van der Waals surface area contributed by atoms with E-state index in [0.29, 0.717) is 21.4 Å². The number of carbonyl (C=O) groups is 2. The van der Waals surface area contributed by atoms with Gasteiger partial charge in [-0.2, -0.15) is 0 Å². The zero-order chi connectivity index (χ0) is 16.8. The predicted molar refractivity (Wildman–Crippen MR) is 88.8 cm³/mol. The van der Waals surface area contributed by atoms with E-state index < -0.39 is 11.8 Å². The van der Waals surface area contributed by atoms with Crippen LogP contribution in [0.4, 0.5) is 0 Å². The molecule has 0 atom stereocenters. The average molecular weight is 353 g/mol. The molecule has 2 aromatic carbocycles. The summed E-state index contributed by atoms with van der Waals surface area (Å²) in [7, 11) is 0. The molecule has 0 bridgehead atoms. The minimum absolute atomic E-state index is 0.215. The smallest absolute Gasteiger partial charge is 0.251 e. The minimum atomic E-state index is -0.606. The average Bonchev–Trinajstić information content (AvgIpc) is 2.54. The van der Waals surface area contributed by atoms with Gasteiger partial charge in [-0.15, -0.1) is 0 Å². The van der Waals surface area contributed by atoms with Crippen molar-refractivity contribution in [2.75, 3.05) is 6.54 Å². The molecule has 120 valence electrons. The number of hydrogen-bond acceptors (Lipinski definition) is 3. The Labute approximate surface area is 143 Å². The van der Waals surface area contributed by atoms with Gasteiger partial charge in [-0.1, -0.05) is 35.3 Å². The molecule has 0 aliphatic rings. The summed E-state index contributed by atoms with van der Waals surface area (Å²) >= 11 is 11.8. The third kappa shape index (κ3) is 5.16. The van der Waals surface area contributed by atoms with E-state index >= 15 is 0 Å². The molecule has 0 heterocycles. The Morgan fingerprint density at radius 1 is 1.09 bits per heavy atom. The lowest BCUT2D eigenvalue weighted by Crippen LogP contribution is -2.33. The van der Waals surface area contributed by atoms with Crippen molar-refractivity contribution in [1.82, 2.24) is 5.32 Å². The van der Waals surface area contributed by atoms with Crippen LogP contribution >= 0.6 is 23.2 Å². The molecule has 7 heteroatoms. The van der Waals surface area contributed by atoms with Gasteiger partial charge in [0.05, 0.1) is 16.6 Å². The van der Waals surface area contributed by atoms with Crippen LogP contribution in [0.25, 0.3) is 0 Å². The number of benzene rings is 2. The van der Waals surface area contributed by atoms with Crippen molar-refractivity contribution in [3.63, 3.8) is 0 Å². The molecule has 0 unspecified atom stereocenters. The van der Waals surface area contributed by atoms with Crippen LogP contribution in [0.5, 0.6) is 5.75 Å². The fraction of sp³-hybridized carbons (Fsp3) is 0.125. The van der Waals surface area contributed by atoms with E-state index in [2.05, 4.69) is 5.32 Å². The molecule has 0 aliphatic carbocycles. The Morgan fingerprint density at radius 3 is 2.57 bits per heavy atom. The van der Waals surface area contributed by atoms with E-state index in [4.69, 9.17) is 33.7 Å². The number of amides is 2. The lowest BCUT2D eigenvalue weighted by molar-refractivity contribution is -0.117. The Morgan fingerprint density at radius 2 is 1.87 bits per heavy atom. The van der Waals surface area contributed by atoms with Crippen LogP contribution in [-0.4, -0.2) is 18.4 Å². The zero-order valence-corrected chi connectivity index (χ0v) is 13.5. The van der Waals surface area contributed by atoms with E-state index in [9.17, 15) is 9.59 Å². The minimum Gasteiger partial charge on any atom is -0.489 e. The summed E-state index contributed by atoms with van der Waals surface area (Å²) < 4.78 is 5.63.